The zero-order valence-electron chi connectivity index (χ0n) is 11.2. The lowest BCUT2D eigenvalue weighted by Crippen LogP contribution is -2.11. The Morgan fingerprint density at radius 1 is 1.10 bits per heavy atom. The molecular weight excluding hydrogens is 320 g/mol. The van der Waals surface area contributed by atoms with Crippen molar-refractivity contribution in [1.29, 1.82) is 0 Å². The van der Waals surface area contributed by atoms with Crippen LogP contribution >= 0.6 is 15.9 Å². The van der Waals surface area contributed by atoms with Crippen LogP contribution in [-0.2, 0) is 0 Å². The monoisotopic (exact) mass is 336 g/mol. The minimum absolute atomic E-state index is 0.139. The number of benzene rings is 2. The van der Waals surface area contributed by atoms with Crippen LogP contribution in [0.15, 0.2) is 53.0 Å². The van der Waals surface area contributed by atoms with Crippen LogP contribution in [0.25, 0.3) is 0 Å². The van der Waals surface area contributed by atoms with Crippen LogP contribution < -0.4 is 4.74 Å². The van der Waals surface area contributed by atoms with Gasteiger partial charge >= 0.3 is 0 Å². The van der Waals surface area contributed by atoms with Crippen LogP contribution in [0.2, 0.25) is 0 Å². The van der Waals surface area contributed by atoms with Crippen molar-refractivity contribution in [2.45, 2.75) is 19.1 Å². The van der Waals surface area contributed by atoms with E-state index in [1.165, 1.54) is 0 Å². The summed E-state index contributed by atoms with van der Waals surface area (Å²) in [6.45, 7) is 1.82. The molecule has 0 aliphatic carbocycles. The van der Waals surface area contributed by atoms with Gasteiger partial charge in [0.15, 0.2) is 0 Å². The van der Waals surface area contributed by atoms with E-state index in [1.807, 2.05) is 36.4 Å². The van der Waals surface area contributed by atoms with E-state index in [9.17, 15) is 10.2 Å². The second-order valence-corrected chi connectivity index (χ2v) is 5.51. The van der Waals surface area contributed by atoms with Gasteiger partial charge in [0.2, 0.25) is 0 Å². The molecule has 0 fully saturated rings. The summed E-state index contributed by atoms with van der Waals surface area (Å²) in [6.07, 6.45) is -1.32. The molecule has 2 rings (SSSR count). The van der Waals surface area contributed by atoms with Gasteiger partial charge in [-0.3, -0.25) is 0 Å². The number of aliphatic hydroxyl groups excluding tert-OH is 2. The Bertz CT molecular complexity index is 555. The molecule has 0 saturated heterocycles. The Morgan fingerprint density at radius 2 is 1.80 bits per heavy atom. The minimum Gasteiger partial charge on any atom is -0.490 e. The molecule has 2 aromatic rings. The molecule has 0 saturated carbocycles. The maximum atomic E-state index is 10.1. The van der Waals surface area contributed by atoms with Crippen molar-refractivity contribution in [3.8, 4) is 5.75 Å². The molecule has 2 N–H and O–H groups in total. The molecule has 2 aromatic carbocycles. The van der Waals surface area contributed by atoms with Crippen molar-refractivity contribution in [1.82, 2.24) is 0 Å². The van der Waals surface area contributed by atoms with Gasteiger partial charge in [-0.15, -0.1) is 0 Å². The van der Waals surface area contributed by atoms with Crippen molar-refractivity contribution in [2.75, 3.05) is 6.61 Å². The van der Waals surface area contributed by atoms with Crippen LogP contribution in [0.4, 0.5) is 0 Å². The first-order valence-electron chi connectivity index (χ1n) is 6.41. The highest BCUT2D eigenvalue weighted by atomic mass is 79.9. The zero-order valence-corrected chi connectivity index (χ0v) is 12.7. The first kappa shape index (κ1) is 15.0. The highest BCUT2D eigenvalue weighted by molar-refractivity contribution is 9.10. The first-order chi connectivity index (χ1) is 9.58. The fraction of sp³-hybridized carbons (Fsp3) is 0.250. The van der Waals surface area contributed by atoms with Gasteiger partial charge in [0.25, 0.3) is 0 Å². The molecule has 106 valence electrons. The molecule has 1 unspecified atom stereocenters. The first-order valence-corrected chi connectivity index (χ1v) is 7.20. The lowest BCUT2D eigenvalue weighted by molar-refractivity contribution is 0.104. The summed E-state index contributed by atoms with van der Waals surface area (Å²) >= 11 is 3.37. The van der Waals surface area contributed by atoms with Crippen molar-refractivity contribution >= 4 is 15.9 Å². The third-order valence-electron chi connectivity index (χ3n) is 3.01. The van der Waals surface area contributed by atoms with Gasteiger partial charge in [-0.2, -0.15) is 0 Å². The molecule has 2 atom stereocenters. The maximum Gasteiger partial charge on any atom is 0.126 e. The van der Waals surface area contributed by atoms with Gasteiger partial charge in [0, 0.05) is 10.0 Å². The summed E-state index contributed by atoms with van der Waals surface area (Å²) in [5.41, 5.74) is 1.51. The summed E-state index contributed by atoms with van der Waals surface area (Å²) < 4.78 is 6.52. The highest BCUT2D eigenvalue weighted by Crippen LogP contribution is 2.29. The molecule has 0 aromatic heterocycles. The third kappa shape index (κ3) is 3.82. The number of halogens is 1. The van der Waals surface area contributed by atoms with Crippen LogP contribution in [0.3, 0.4) is 0 Å². The van der Waals surface area contributed by atoms with E-state index in [-0.39, 0.29) is 6.61 Å². The Labute approximate surface area is 127 Å². The Hall–Kier alpha value is -1.36. The average Bonchev–Trinajstić information content (AvgIpc) is 2.45. The smallest absolute Gasteiger partial charge is 0.126 e. The SMILES string of the molecule is C[C@@H](O)c1ccc(Br)cc1OCC(O)c1ccccc1. The molecule has 0 aliphatic heterocycles. The van der Waals surface area contributed by atoms with Crippen LogP contribution in [0.5, 0.6) is 5.75 Å². The van der Waals surface area contributed by atoms with E-state index < -0.39 is 12.2 Å². The fourth-order valence-corrected chi connectivity index (χ4v) is 2.26. The Balaban J connectivity index is 2.09. The third-order valence-corrected chi connectivity index (χ3v) is 3.50. The molecule has 0 aliphatic rings. The maximum absolute atomic E-state index is 10.1. The van der Waals surface area contributed by atoms with Crippen LogP contribution in [0.1, 0.15) is 30.3 Å². The summed E-state index contributed by atoms with van der Waals surface area (Å²) in [6, 6.07) is 14.8. The molecular formula is C16H17BrO3. The summed E-state index contributed by atoms with van der Waals surface area (Å²) in [5.74, 6) is 0.573. The second-order valence-electron chi connectivity index (χ2n) is 4.60. The Kier molecular flexibility index (Phi) is 5.17. The number of rotatable bonds is 5. The predicted molar refractivity (Wildman–Crippen MR) is 81.7 cm³/mol. The highest BCUT2D eigenvalue weighted by Gasteiger charge is 2.13. The summed E-state index contributed by atoms with van der Waals surface area (Å²) in [7, 11) is 0. The lowest BCUT2D eigenvalue weighted by atomic mass is 10.1. The molecule has 0 bridgehead atoms. The number of hydrogen-bond donors (Lipinski definition) is 2. The molecule has 0 amide bonds. The molecule has 3 nitrogen and oxygen atoms in total. The van der Waals surface area contributed by atoms with E-state index in [2.05, 4.69) is 15.9 Å². The van der Waals surface area contributed by atoms with E-state index in [1.54, 1.807) is 19.1 Å². The largest absolute Gasteiger partial charge is 0.490 e. The second kappa shape index (κ2) is 6.88. The van der Waals surface area contributed by atoms with Crippen molar-refractivity contribution in [2.24, 2.45) is 0 Å². The predicted octanol–water partition coefficient (Wildman–Crippen LogP) is 3.61. The number of aliphatic hydroxyl groups is 2. The lowest BCUT2D eigenvalue weighted by Gasteiger charge is -2.16. The minimum atomic E-state index is -0.697. The quantitative estimate of drug-likeness (QED) is 0.876. The van der Waals surface area contributed by atoms with E-state index >= 15 is 0 Å². The van der Waals surface area contributed by atoms with Gasteiger partial charge in [-0.25, -0.2) is 0 Å². The zero-order chi connectivity index (χ0) is 14.5. The Morgan fingerprint density at radius 3 is 2.45 bits per heavy atom. The summed E-state index contributed by atoms with van der Waals surface area (Å²) in [4.78, 5) is 0. The van der Waals surface area contributed by atoms with Crippen LogP contribution in [-0.4, -0.2) is 16.8 Å². The van der Waals surface area contributed by atoms with Gasteiger partial charge in [-0.1, -0.05) is 52.3 Å². The average molecular weight is 337 g/mol. The molecule has 20 heavy (non-hydrogen) atoms. The molecule has 0 heterocycles. The molecule has 4 heteroatoms. The van der Waals surface area contributed by atoms with E-state index in [4.69, 9.17) is 4.74 Å². The van der Waals surface area contributed by atoms with Crippen molar-refractivity contribution in [3.05, 3.63) is 64.1 Å². The van der Waals surface area contributed by atoms with Gasteiger partial charge in [0.1, 0.15) is 18.5 Å². The molecule has 0 radical (unpaired) electrons. The van der Waals surface area contributed by atoms with Crippen molar-refractivity contribution < 1.29 is 14.9 Å². The molecule has 0 spiro atoms. The van der Waals surface area contributed by atoms with Gasteiger partial charge in [-0.05, 0) is 24.6 Å². The van der Waals surface area contributed by atoms with Crippen molar-refractivity contribution in [3.63, 3.8) is 0 Å². The topological polar surface area (TPSA) is 49.7 Å². The van der Waals surface area contributed by atoms with E-state index in [0.29, 0.717) is 11.3 Å². The van der Waals surface area contributed by atoms with Crippen LogP contribution in [0, 0.1) is 0 Å². The fourth-order valence-electron chi connectivity index (χ4n) is 1.92. The van der Waals surface area contributed by atoms with Gasteiger partial charge < -0.3 is 14.9 Å². The normalized spacial score (nSPS) is 13.8. The summed E-state index contributed by atoms with van der Waals surface area (Å²) in [5, 5.41) is 19.8. The van der Waals surface area contributed by atoms with E-state index in [0.717, 1.165) is 10.0 Å². The number of hydrogen-bond acceptors (Lipinski definition) is 3. The standard InChI is InChI=1S/C16H17BrO3/c1-11(18)14-8-7-13(17)9-16(14)20-10-15(19)12-5-3-2-4-6-12/h2-9,11,15,18-19H,10H2,1H3/t11-,15?/m1/s1. The number of ether oxygens (including phenoxy) is 1. The van der Waals surface area contributed by atoms with Gasteiger partial charge in [0.05, 0.1) is 6.10 Å².